The molecule has 0 saturated heterocycles. The Balaban J connectivity index is 2.15. The van der Waals surface area contributed by atoms with Gasteiger partial charge < -0.3 is 11.1 Å². The van der Waals surface area contributed by atoms with Crippen molar-refractivity contribution in [2.45, 2.75) is 6.92 Å². The standard InChI is InChI=1S/C11H10BrN3OS/c1-6-14-10(5-17-6)11(16)15-7-2-3-9(13)8(12)4-7/h2-5H,13H2,1H3,(H,15,16). The highest BCUT2D eigenvalue weighted by Crippen LogP contribution is 2.23. The summed E-state index contributed by atoms with van der Waals surface area (Å²) in [4.78, 5) is 15.9. The lowest BCUT2D eigenvalue weighted by Crippen LogP contribution is -2.12. The highest BCUT2D eigenvalue weighted by molar-refractivity contribution is 9.10. The molecule has 4 nitrogen and oxygen atoms in total. The molecule has 0 atom stereocenters. The topological polar surface area (TPSA) is 68.0 Å². The van der Waals surface area contributed by atoms with Gasteiger partial charge in [-0.15, -0.1) is 11.3 Å². The van der Waals surface area contributed by atoms with Crippen molar-refractivity contribution in [1.29, 1.82) is 0 Å². The van der Waals surface area contributed by atoms with Gasteiger partial charge in [0.05, 0.1) is 5.01 Å². The molecule has 1 aromatic carbocycles. The van der Waals surface area contributed by atoms with E-state index in [-0.39, 0.29) is 5.91 Å². The molecule has 0 saturated carbocycles. The van der Waals surface area contributed by atoms with Crippen molar-refractivity contribution in [1.82, 2.24) is 4.98 Å². The summed E-state index contributed by atoms with van der Waals surface area (Å²) in [6.45, 7) is 1.86. The predicted octanol–water partition coefficient (Wildman–Crippen LogP) is 3.05. The summed E-state index contributed by atoms with van der Waals surface area (Å²) >= 11 is 4.75. The molecule has 1 aromatic heterocycles. The normalized spacial score (nSPS) is 10.2. The zero-order chi connectivity index (χ0) is 12.4. The molecular formula is C11H10BrN3OS. The lowest BCUT2D eigenvalue weighted by Gasteiger charge is -2.05. The van der Waals surface area contributed by atoms with Gasteiger partial charge in [-0.1, -0.05) is 0 Å². The van der Waals surface area contributed by atoms with Crippen LogP contribution in [0.2, 0.25) is 0 Å². The van der Waals surface area contributed by atoms with Crippen LogP contribution in [-0.2, 0) is 0 Å². The van der Waals surface area contributed by atoms with E-state index in [0.29, 0.717) is 17.1 Å². The van der Waals surface area contributed by atoms with Crippen molar-refractivity contribution < 1.29 is 4.79 Å². The van der Waals surface area contributed by atoms with Crippen LogP contribution in [0.25, 0.3) is 0 Å². The number of amides is 1. The zero-order valence-electron chi connectivity index (χ0n) is 9.03. The molecule has 0 bridgehead atoms. The van der Waals surface area contributed by atoms with Crippen molar-refractivity contribution in [2.24, 2.45) is 0 Å². The number of aryl methyl sites for hydroxylation is 1. The number of benzene rings is 1. The molecule has 2 rings (SSSR count). The highest BCUT2D eigenvalue weighted by Gasteiger charge is 2.09. The van der Waals surface area contributed by atoms with Crippen LogP contribution in [-0.4, -0.2) is 10.9 Å². The number of hydrogen-bond donors (Lipinski definition) is 2. The van der Waals surface area contributed by atoms with Gasteiger partial charge in [0.1, 0.15) is 5.69 Å². The average molecular weight is 312 g/mol. The molecule has 1 heterocycles. The number of anilines is 2. The third-order valence-electron chi connectivity index (χ3n) is 2.11. The number of aromatic nitrogens is 1. The second-order valence-corrected chi connectivity index (χ2v) is 5.36. The molecule has 0 spiro atoms. The van der Waals surface area contributed by atoms with Gasteiger partial charge in [0.25, 0.3) is 5.91 Å². The number of carbonyl (C=O) groups excluding carboxylic acids is 1. The van der Waals surface area contributed by atoms with E-state index in [2.05, 4.69) is 26.2 Å². The molecule has 0 aliphatic heterocycles. The van der Waals surface area contributed by atoms with Crippen LogP contribution in [0.1, 0.15) is 15.5 Å². The molecule has 0 aliphatic rings. The first-order valence-electron chi connectivity index (χ1n) is 4.85. The Bertz CT molecular complexity index is 568. The molecule has 6 heteroatoms. The van der Waals surface area contributed by atoms with Crippen molar-refractivity contribution in [3.63, 3.8) is 0 Å². The Labute approximate surface area is 111 Å². The van der Waals surface area contributed by atoms with Crippen LogP contribution < -0.4 is 11.1 Å². The van der Waals surface area contributed by atoms with E-state index in [0.717, 1.165) is 9.48 Å². The number of hydrogen-bond acceptors (Lipinski definition) is 4. The number of nitrogens with two attached hydrogens (primary N) is 1. The Morgan fingerprint density at radius 1 is 1.53 bits per heavy atom. The quantitative estimate of drug-likeness (QED) is 0.838. The lowest BCUT2D eigenvalue weighted by molar-refractivity contribution is 0.102. The maximum absolute atomic E-state index is 11.8. The molecule has 0 fully saturated rings. The summed E-state index contributed by atoms with van der Waals surface area (Å²) in [7, 11) is 0. The first-order chi connectivity index (χ1) is 8.06. The van der Waals surface area contributed by atoms with Crippen LogP contribution in [0.4, 0.5) is 11.4 Å². The molecule has 1 amide bonds. The molecular weight excluding hydrogens is 302 g/mol. The van der Waals surface area contributed by atoms with Gasteiger partial charge in [-0.25, -0.2) is 4.98 Å². The largest absolute Gasteiger partial charge is 0.398 e. The Morgan fingerprint density at radius 3 is 2.88 bits per heavy atom. The van der Waals surface area contributed by atoms with Crippen molar-refractivity contribution in [3.8, 4) is 0 Å². The van der Waals surface area contributed by atoms with Crippen LogP contribution in [0.3, 0.4) is 0 Å². The van der Waals surface area contributed by atoms with Gasteiger partial charge in [-0.2, -0.15) is 0 Å². The van der Waals surface area contributed by atoms with Gasteiger partial charge in [0, 0.05) is 21.2 Å². The van der Waals surface area contributed by atoms with Crippen LogP contribution in [0, 0.1) is 6.92 Å². The fraction of sp³-hybridized carbons (Fsp3) is 0.0909. The summed E-state index contributed by atoms with van der Waals surface area (Å²) in [6, 6.07) is 5.23. The van der Waals surface area contributed by atoms with E-state index in [1.54, 1.807) is 23.6 Å². The zero-order valence-corrected chi connectivity index (χ0v) is 11.4. The Hall–Kier alpha value is -1.40. The molecule has 17 heavy (non-hydrogen) atoms. The monoisotopic (exact) mass is 311 g/mol. The van der Waals surface area contributed by atoms with E-state index in [9.17, 15) is 4.79 Å². The number of nitrogens with one attached hydrogen (secondary N) is 1. The van der Waals surface area contributed by atoms with Crippen molar-refractivity contribution in [2.75, 3.05) is 11.1 Å². The number of nitrogen functional groups attached to an aromatic ring is 1. The SMILES string of the molecule is Cc1nc(C(=O)Nc2ccc(N)c(Br)c2)cs1. The number of rotatable bonds is 2. The summed E-state index contributed by atoms with van der Waals surface area (Å²) < 4.78 is 0.754. The van der Waals surface area contributed by atoms with E-state index >= 15 is 0 Å². The smallest absolute Gasteiger partial charge is 0.275 e. The molecule has 0 aliphatic carbocycles. The summed E-state index contributed by atoms with van der Waals surface area (Å²) in [5, 5.41) is 5.36. The third-order valence-corrected chi connectivity index (χ3v) is 3.57. The molecule has 0 radical (unpaired) electrons. The first kappa shape index (κ1) is 12.1. The summed E-state index contributed by atoms with van der Waals surface area (Å²) in [5.41, 5.74) is 7.41. The summed E-state index contributed by atoms with van der Waals surface area (Å²) in [5.74, 6) is -0.217. The maximum atomic E-state index is 11.8. The lowest BCUT2D eigenvalue weighted by atomic mass is 10.3. The number of carbonyl (C=O) groups is 1. The Kier molecular flexibility index (Phi) is 3.44. The van der Waals surface area contributed by atoms with Crippen LogP contribution in [0.5, 0.6) is 0 Å². The molecule has 0 unspecified atom stereocenters. The van der Waals surface area contributed by atoms with E-state index in [4.69, 9.17) is 5.73 Å². The molecule has 3 N–H and O–H groups in total. The van der Waals surface area contributed by atoms with Crippen LogP contribution >= 0.6 is 27.3 Å². The number of nitrogens with zero attached hydrogens (tertiary/aromatic N) is 1. The second-order valence-electron chi connectivity index (χ2n) is 3.44. The minimum absolute atomic E-state index is 0.217. The number of halogens is 1. The minimum atomic E-state index is -0.217. The highest BCUT2D eigenvalue weighted by atomic mass is 79.9. The predicted molar refractivity (Wildman–Crippen MR) is 73.4 cm³/mol. The summed E-state index contributed by atoms with van der Waals surface area (Å²) in [6.07, 6.45) is 0. The van der Waals surface area contributed by atoms with Crippen molar-refractivity contribution >= 4 is 44.5 Å². The molecule has 88 valence electrons. The number of thiazole rings is 1. The van der Waals surface area contributed by atoms with E-state index < -0.39 is 0 Å². The first-order valence-corrected chi connectivity index (χ1v) is 6.52. The van der Waals surface area contributed by atoms with Crippen LogP contribution in [0.15, 0.2) is 28.1 Å². The van der Waals surface area contributed by atoms with E-state index in [1.807, 2.05) is 6.92 Å². The van der Waals surface area contributed by atoms with Gasteiger partial charge in [0.2, 0.25) is 0 Å². The Morgan fingerprint density at radius 2 is 2.29 bits per heavy atom. The van der Waals surface area contributed by atoms with Gasteiger partial charge in [-0.05, 0) is 41.1 Å². The maximum Gasteiger partial charge on any atom is 0.275 e. The van der Waals surface area contributed by atoms with Gasteiger partial charge in [-0.3, -0.25) is 4.79 Å². The van der Waals surface area contributed by atoms with Crippen molar-refractivity contribution in [3.05, 3.63) is 38.8 Å². The molecule has 2 aromatic rings. The second kappa shape index (κ2) is 4.85. The van der Waals surface area contributed by atoms with E-state index in [1.165, 1.54) is 11.3 Å². The van der Waals surface area contributed by atoms with Gasteiger partial charge >= 0.3 is 0 Å². The van der Waals surface area contributed by atoms with Gasteiger partial charge in [0.15, 0.2) is 0 Å². The fourth-order valence-corrected chi connectivity index (χ4v) is 2.24. The average Bonchev–Trinajstić information content (AvgIpc) is 2.70. The minimum Gasteiger partial charge on any atom is -0.398 e. The third kappa shape index (κ3) is 2.83. The fourth-order valence-electron chi connectivity index (χ4n) is 1.27.